The van der Waals surface area contributed by atoms with Gasteiger partial charge in [0, 0.05) is 42.8 Å². The summed E-state index contributed by atoms with van der Waals surface area (Å²) in [4.78, 5) is 58.2. The van der Waals surface area contributed by atoms with Gasteiger partial charge in [0.2, 0.25) is 29.5 Å². The summed E-state index contributed by atoms with van der Waals surface area (Å²) in [6.45, 7) is 2.49. The molecule has 3 saturated heterocycles. The first-order valence-electron chi connectivity index (χ1n) is 12.2. The number of nitrogens with zero attached hydrogens (tertiary/aromatic N) is 4. The molecule has 0 radical (unpaired) electrons. The molecule has 0 bridgehead atoms. The summed E-state index contributed by atoms with van der Waals surface area (Å²) in [7, 11) is 0. The number of hydrogen-bond acceptors (Lipinski definition) is 9. The van der Waals surface area contributed by atoms with Crippen LogP contribution in [0.2, 0.25) is 0 Å². The van der Waals surface area contributed by atoms with E-state index in [1.54, 1.807) is 16.7 Å². The fraction of sp³-hybridized carbons (Fsp3) is 0.500. The third-order valence-electron chi connectivity index (χ3n) is 7.20. The predicted molar refractivity (Wildman–Crippen MR) is 131 cm³/mol. The lowest BCUT2D eigenvalue weighted by molar-refractivity contribution is -0.144. The Balaban J connectivity index is 1.14. The number of anilines is 1. The van der Waals surface area contributed by atoms with Crippen molar-refractivity contribution in [1.29, 1.82) is 0 Å². The molecule has 1 aromatic heterocycles. The first-order valence-corrected chi connectivity index (χ1v) is 13.4. The molecule has 13 heteroatoms. The van der Waals surface area contributed by atoms with Crippen LogP contribution in [0, 0.1) is 6.92 Å². The molecule has 194 valence electrons. The van der Waals surface area contributed by atoms with Crippen molar-refractivity contribution in [3.63, 3.8) is 0 Å². The Bertz CT molecular complexity index is 1280. The minimum Gasteiger partial charge on any atom is -0.487 e. The molecule has 6 rings (SSSR count). The molecule has 0 aliphatic carbocycles. The standard InChI is InChI=1S/C24H26N6O6S/c1-12-25-19(28-36-12)7-21(32)26-14-3-2-4-17-22(14)13-8-29(9-18(13)35-17)24(34)16-10-37-11-30(16)23(33)15-5-6-20(31)27-15/h2-4,13,15-16,18H,5-11H2,1H3,(H,26,32)(H,27,31)/t13?,15-,16+,18?/m1/s1. The molecule has 2 unspecified atom stereocenters. The number of benzene rings is 1. The average Bonchev–Trinajstić information content (AvgIpc) is 3.67. The largest absolute Gasteiger partial charge is 0.487 e. The van der Waals surface area contributed by atoms with Crippen molar-refractivity contribution >= 4 is 41.1 Å². The highest BCUT2D eigenvalue weighted by molar-refractivity contribution is 7.99. The Morgan fingerprint density at radius 1 is 1.24 bits per heavy atom. The summed E-state index contributed by atoms with van der Waals surface area (Å²) >= 11 is 1.54. The number of carbonyl (C=O) groups excluding carboxylic acids is 4. The van der Waals surface area contributed by atoms with Crippen molar-refractivity contribution in [3.05, 3.63) is 35.5 Å². The predicted octanol–water partition coefficient (Wildman–Crippen LogP) is 0.426. The Kier molecular flexibility index (Phi) is 6.01. The molecule has 4 atom stereocenters. The van der Waals surface area contributed by atoms with Crippen LogP contribution >= 0.6 is 11.8 Å². The van der Waals surface area contributed by atoms with Gasteiger partial charge in [-0.05, 0) is 18.6 Å². The van der Waals surface area contributed by atoms with Gasteiger partial charge in [0.15, 0.2) is 5.82 Å². The average molecular weight is 527 g/mol. The van der Waals surface area contributed by atoms with Crippen molar-refractivity contribution in [3.8, 4) is 5.75 Å². The van der Waals surface area contributed by atoms with Crippen LogP contribution in [0.5, 0.6) is 5.75 Å². The number of amides is 4. The third kappa shape index (κ3) is 4.41. The summed E-state index contributed by atoms with van der Waals surface area (Å²) in [6, 6.07) is 4.37. The number of carbonyl (C=O) groups is 4. The maximum atomic E-state index is 13.5. The zero-order valence-corrected chi connectivity index (χ0v) is 21.0. The van der Waals surface area contributed by atoms with Gasteiger partial charge >= 0.3 is 0 Å². The minimum absolute atomic E-state index is 0.0226. The zero-order chi connectivity index (χ0) is 25.7. The number of thioether (sulfide) groups is 1. The van der Waals surface area contributed by atoms with Crippen LogP contribution in [0.1, 0.15) is 36.0 Å². The Morgan fingerprint density at radius 3 is 2.86 bits per heavy atom. The van der Waals surface area contributed by atoms with E-state index in [0.717, 1.165) is 5.56 Å². The molecule has 2 N–H and O–H groups in total. The van der Waals surface area contributed by atoms with Gasteiger partial charge < -0.3 is 29.7 Å². The smallest absolute Gasteiger partial charge is 0.246 e. The first kappa shape index (κ1) is 23.8. The second-order valence-electron chi connectivity index (χ2n) is 9.66. The SMILES string of the molecule is Cc1nc(CC(=O)Nc2cccc3c2C2CN(C(=O)[C@@H]4CSCN4C(=O)[C@H]4CCC(=O)N4)CC2O3)no1. The molecule has 37 heavy (non-hydrogen) atoms. The molecule has 2 aromatic rings. The molecular formula is C24H26N6O6S. The summed E-state index contributed by atoms with van der Waals surface area (Å²) in [5.74, 6) is 1.52. The van der Waals surface area contributed by atoms with Gasteiger partial charge in [0.1, 0.15) is 23.9 Å². The quantitative estimate of drug-likeness (QED) is 0.566. The molecule has 4 amide bonds. The van der Waals surface area contributed by atoms with Crippen molar-refractivity contribution < 1.29 is 28.4 Å². The molecule has 12 nitrogen and oxygen atoms in total. The Labute approximate surface area is 216 Å². The highest BCUT2D eigenvalue weighted by Crippen LogP contribution is 2.46. The van der Waals surface area contributed by atoms with Crippen molar-refractivity contribution in [2.45, 2.75) is 50.3 Å². The van der Waals surface area contributed by atoms with Gasteiger partial charge in [-0.25, -0.2) is 0 Å². The van der Waals surface area contributed by atoms with E-state index in [9.17, 15) is 19.2 Å². The van der Waals surface area contributed by atoms with E-state index in [1.807, 2.05) is 18.2 Å². The molecular weight excluding hydrogens is 500 g/mol. The number of likely N-dealkylation sites (tertiary alicyclic amines) is 1. The molecule has 0 saturated carbocycles. The normalized spacial score (nSPS) is 26.0. The van der Waals surface area contributed by atoms with Crippen molar-refractivity contribution in [2.24, 2.45) is 0 Å². The lowest BCUT2D eigenvalue weighted by atomic mass is 9.96. The third-order valence-corrected chi connectivity index (χ3v) is 8.21. The molecule has 3 fully saturated rings. The number of fused-ring (bicyclic) bond motifs is 3. The van der Waals surface area contributed by atoms with Gasteiger partial charge in [-0.15, -0.1) is 11.8 Å². The fourth-order valence-corrected chi connectivity index (χ4v) is 6.63. The van der Waals surface area contributed by atoms with Gasteiger partial charge in [-0.3, -0.25) is 19.2 Å². The lowest BCUT2D eigenvalue weighted by Crippen LogP contribution is -2.53. The van der Waals surface area contributed by atoms with E-state index in [0.29, 0.717) is 60.7 Å². The monoisotopic (exact) mass is 526 g/mol. The second kappa shape index (κ2) is 9.36. The summed E-state index contributed by atoms with van der Waals surface area (Å²) in [5.41, 5.74) is 1.50. The molecule has 1 aromatic carbocycles. The first-order chi connectivity index (χ1) is 17.9. The van der Waals surface area contributed by atoms with Crippen LogP contribution in [0.4, 0.5) is 5.69 Å². The number of aromatic nitrogens is 2. The Morgan fingerprint density at radius 2 is 2.11 bits per heavy atom. The Hall–Kier alpha value is -3.61. The summed E-state index contributed by atoms with van der Waals surface area (Å²) in [6.07, 6.45) is 0.532. The highest BCUT2D eigenvalue weighted by atomic mass is 32.2. The van der Waals surface area contributed by atoms with Crippen LogP contribution < -0.4 is 15.4 Å². The van der Waals surface area contributed by atoms with Gasteiger partial charge in [-0.2, -0.15) is 4.98 Å². The van der Waals surface area contributed by atoms with Crippen LogP contribution in [-0.2, 0) is 25.6 Å². The number of rotatable bonds is 5. The molecule has 4 aliphatic rings. The maximum absolute atomic E-state index is 13.5. The van der Waals surface area contributed by atoms with Gasteiger partial charge in [0.25, 0.3) is 0 Å². The number of aryl methyl sites for hydroxylation is 1. The fourth-order valence-electron chi connectivity index (χ4n) is 5.48. The van der Waals surface area contributed by atoms with E-state index < -0.39 is 12.1 Å². The number of ether oxygens (including phenoxy) is 1. The van der Waals surface area contributed by atoms with E-state index in [-0.39, 0.29) is 42.1 Å². The van der Waals surface area contributed by atoms with Crippen LogP contribution in [0.3, 0.4) is 0 Å². The van der Waals surface area contributed by atoms with E-state index in [1.165, 1.54) is 11.8 Å². The number of nitrogens with one attached hydrogen (secondary N) is 2. The maximum Gasteiger partial charge on any atom is 0.246 e. The highest BCUT2D eigenvalue weighted by Gasteiger charge is 2.48. The summed E-state index contributed by atoms with van der Waals surface area (Å²) < 4.78 is 11.1. The molecule has 0 spiro atoms. The van der Waals surface area contributed by atoms with E-state index in [2.05, 4.69) is 20.8 Å². The topological polar surface area (TPSA) is 147 Å². The van der Waals surface area contributed by atoms with Crippen LogP contribution in [0.25, 0.3) is 0 Å². The van der Waals surface area contributed by atoms with Crippen molar-refractivity contribution in [2.75, 3.05) is 30.0 Å². The van der Waals surface area contributed by atoms with Gasteiger partial charge in [0.05, 0.1) is 18.8 Å². The second-order valence-corrected chi connectivity index (χ2v) is 10.7. The molecule has 4 aliphatic heterocycles. The number of hydrogen-bond donors (Lipinski definition) is 2. The van der Waals surface area contributed by atoms with E-state index >= 15 is 0 Å². The van der Waals surface area contributed by atoms with Crippen LogP contribution in [0.15, 0.2) is 22.7 Å². The van der Waals surface area contributed by atoms with E-state index in [4.69, 9.17) is 9.26 Å². The zero-order valence-electron chi connectivity index (χ0n) is 20.1. The molecule has 5 heterocycles. The minimum atomic E-state index is -0.568. The van der Waals surface area contributed by atoms with Crippen LogP contribution in [-0.4, -0.2) is 86.5 Å². The lowest BCUT2D eigenvalue weighted by Gasteiger charge is -2.29. The summed E-state index contributed by atoms with van der Waals surface area (Å²) in [5, 5.41) is 9.41. The van der Waals surface area contributed by atoms with Crippen molar-refractivity contribution in [1.82, 2.24) is 25.3 Å². The van der Waals surface area contributed by atoms with Gasteiger partial charge in [-0.1, -0.05) is 11.2 Å².